The Morgan fingerprint density at radius 2 is 2.00 bits per heavy atom. The van der Waals surface area contributed by atoms with Crippen LogP contribution in [0.5, 0.6) is 0 Å². The van der Waals surface area contributed by atoms with Gasteiger partial charge in [-0.1, -0.05) is 13.0 Å². The van der Waals surface area contributed by atoms with Crippen LogP contribution < -0.4 is 15.5 Å². The molecule has 1 atom stereocenters. The first-order valence-corrected chi connectivity index (χ1v) is 8.81. The van der Waals surface area contributed by atoms with E-state index in [4.69, 9.17) is 0 Å². The predicted octanol–water partition coefficient (Wildman–Crippen LogP) is 3.50. The molecule has 1 fully saturated rings. The van der Waals surface area contributed by atoms with Gasteiger partial charge in [-0.25, -0.2) is 0 Å². The third kappa shape index (κ3) is 5.24. The molecule has 1 saturated heterocycles. The van der Waals surface area contributed by atoms with Crippen LogP contribution in [0.3, 0.4) is 0 Å². The van der Waals surface area contributed by atoms with Gasteiger partial charge in [0.1, 0.15) is 0 Å². The second kappa shape index (κ2) is 8.34. The van der Waals surface area contributed by atoms with Crippen molar-refractivity contribution in [2.45, 2.75) is 46.1 Å². The van der Waals surface area contributed by atoms with Crippen LogP contribution in [-0.4, -0.2) is 32.1 Å². The average Bonchev–Trinajstić information content (AvgIpc) is 2.55. The van der Waals surface area contributed by atoms with Crippen LogP contribution in [0.2, 0.25) is 0 Å². The van der Waals surface area contributed by atoms with Crippen molar-refractivity contribution in [3.05, 3.63) is 24.3 Å². The van der Waals surface area contributed by atoms with Crippen molar-refractivity contribution >= 4 is 17.3 Å². The highest BCUT2D eigenvalue weighted by Gasteiger charge is 2.22. The second-order valence-electron chi connectivity index (χ2n) is 7.07. The SMILES string of the molecule is CC(CC(=O)Nc1cccc(N(C)C(C)C)c1)C1CCNCC1. The van der Waals surface area contributed by atoms with E-state index in [9.17, 15) is 4.79 Å². The molecule has 23 heavy (non-hydrogen) atoms. The Bertz CT molecular complexity index is 509. The van der Waals surface area contributed by atoms with Crippen molar-refractivity contribution < 1.29 is 4.79 Å². The van der Waals surface area contributed by atoms with Crippen molar-refractivity contribution in [2.24, 2.45) is 11.8 Å². The molecule has 4 heteroatoms. The first kappa shape index (κ1) is 17.8. The smallest absolute Gasteiger partial charge is 0.224 e. The third-order valence-corrected chi connectivity index (χ3v) is 5.01. The minimum Gasteiger partial charge on any atom is -0.372 e. The largest absolute Gasteiger partial charge is 0.372 e. The van der Waals surface area contributed by atoms with Gasteiger partial charge in [0.2, 0.25) is 5.91 Å². The van der Waals surface area contributed by atoms with Crippen LogP contribution in [0.15, 0.2) is 24.3 Å². The lowest BCUT2D eigenvalue weighted by Gasteiger charge is -2.28. The number of carbonyl (C=O) groups is 1. The summed E-state index contributed by atoms with van der Waals surface area (Å²) in [5, 5.41) is 6.45. The quantitative estimate of drug-likeness (QED) is 0.844. The second-order valence-corrected chi connectivity index (χ2v) is 7.07. The van der Waals surface area contributed by atoms with Crippen LogP contribution in [0, 0.1) is 11.8 Å². The molecular weight excluding hydrogens is 286 g/mol. The maximum atomic E-state index is 12.3. The molecule has 1 amide bonds. The molecule has 1 heterocycles. The fourth-order valence-corrected chi connectivity index (χ4v) is 3.19. The molecule has 128 valence electrons. The van der Waals surface area contributed by atoms with E-state index in [1.807, 2.05) is 18.2 Å². The molecule has 1 unspecified atom stereocenters. The number of nitrogens with zero attached hydrogens (tertiary/aromatic N) is 1. The van der Waals surface area contributed by atoms with Gasteiger partial charge in [-0.05, 0) is 69.8 Å². The minimum atomic E-state index is 0.125. The Morgan fingerprint density at radius 1 is 1.30 bits per heavy atom. The standard InChI is InChI=1S/C19H31N3O/c1-14(2)22(4)18-7-5-6-17(13-18)21-19(23)12-15(3)16-8-10-20-11-9-16/h5-7,13-16,20H,8-12H2,1-4H3,(H,21,23). The highest BCUT2D eigenvalue weighted by atomic mass is 16.1. The van der Waals surface area contributed by atoms with Crippen molar-refractivity contribution in [1.82, 2.24) is 5.32 Å². The topological polar surface area (TPSA) is 44.4 Å². The zero-order valence-electron chi connectivity index (χ0n) is 14.9. The zero-order chi connectivity index (χ0) is 16.8. The summed E-state index contributed by atoms with van der Waals surface area (Å²) in [6, 6.07) is 8.52. The summed E-state index contributed by atoms with van der Waals surface area (Å²) < 4.78 is 0. The maximum absolute atomic E-state index is 12.3. The molecule has 2 N–H and O–H groups in total. The number of rotatable bonds is 6. The van der Waals surface area contributed by atoms with Gasteiger partial charge < -0.3 is 15.5 Å². The van der Waals surface area contributed by atoms with E-state index in [-0.39, 0.29) is 5.91 Å². The van der Waals surface area contributed by atoms with Crippen LogP contribution >= 0.6 is 0 Å². The molecule has 0 spiro atoms. The molecule has 1 aromatic carbocycles. The molecular formula is C19H31N3O. The number of nitrogens with one attached hydrogen (secondary N) is 2. The van der Waals surface area contributed by atoms with Gasteiger partial charge in [-0.15, -0.1) is 0 Å². The number of anilines is 2. The zero-order valence-corrected chi connectivity index (χ0v) is 14.9. The van der Waals surface area contributed by atoms with Gasteiger partial charge in [-0.3, -0.25) is 4.79 Å². The summed E-state index contributed by atoms with van der Waals surface area (Å²) in [6.07, 6.45) is 2.97. The van der Waals surface area contributed by atoms with E-state index in [0.717, 1.165) is 24.5 Å². The lowest BCUT2D eigenvalue weighted by atomic mass is 9.84. The molecule has 0 bridgehead atoms. The van der Waals surface area contributed by atoms with E-state index >= 15 is 0 Å². The third-order valence-electron chi connectivity index (χ3n) is 5.01. The molecule has 4 nitrogen and oxygen atoms in total. The van der Waals surface area contributed by atoms with Crippen molar-refractivity contribution in [3.8, 4) is 0 Å². The summed E-state index contributed by atoms with van der Waals surface area (Å²) in [5.74, 6) is 1.24. The highest BCUT2D eigenvalue weighted by molar-refractivity contribution is 5.91. The lowest BCUT2D eigenvalue weighted by molar-refractivity contribution is -0.117. The van der Waals surface area contributed by atoms with Gasteiger partial charge in [0.15, 0.2) is 0 Å². The van der Waals surface area contributed by atoms with Crippen molar-refractivity contribution in [3.63, 3.8) is 0 Å². The number of benzene rings is 1. The predicted molar refractivity (Wildman–Crippen MR) is 98.0 cm³/mol. The Morgan fingerprint density at radius 3 is 2.65 bits per heavy atom. The molecule has 2 rings (SSSR count). The molecule has 0 saturated carbocycles. The van der Waals surface area contributed by atoms with E-state index in [1.165, 1.54) is 12.8 Å². The van der Waals surface area contributed by atoms with Gasteiger partial charge >= 0.3 is 0 Å². The van der Waals surface area contributed by atoms with Crippen LogP contribution in [-0.2, 0) is 4.79 Å². The summed E-state index contributed by atoms with van der Waals surface area (Å²) in [6.45, 7) is 8.69. The number of hydrogen-bond donors (Lipinski definition) is 2. The van der Waals surface area contributed by atoms with Gasteiger partial charge in [0.05, 0.1) is 0 Å². The Labute approximate surface area is 140 Å². The summed E-state index contributed by atoms with van der Waals surface area (Å²) in [7, 11) is 2.07. The van der Waals surface area contributed by atoms with E-state index in [0.29, 0.717) is 24.3 Å². The maximum Gasteiger partial charge on any atom is 0.224 e. The van der Waals surface area contributed by atoms with Gasteiger partial charge in [-0.2, -0.15) is 0 Å². The molecule has 1 aromatic rings. The molecule has 0 aliphatic carbocycles. The van der Waals surface area contributed by atoms with E-state index in [2.05, 4.69) is 49.4 Å². The summed E-state index contributed by atoms with van der Waals surface area (Å²) in [4.78, 5) is 14.5. The average molecular weight is 317 g/mol. The Kier molecular flexibility index (Phi) is 6.46. The summed E-state index contributed by atoms with van der Waals surface area (Å²) >= 11 is 0. The van der Waals surface area contributed by atoms with Gasteiger partial charge in [0, 0.05) is 30.9 Å². The number of carbonyl (C=O) groups excluding carboxylic acids is 1. The Balaban J connectivity index is 1.90. The molecule has 0 aromatic heterocycles. The number of hydrogen-bond acceptors (Lipinski definition) is 3. The molecule has 0 radical (unpaired) electrons. The first-order chi connectivity index (χ1) is 11.0. The fraction of sp³-hybridized carbons (Fsp3) is 0.632. The highest BCUT2D eigenvalue weighted by Crippen LogP contribution is 2.25. The Hall–Kier alpha value is -1.55. The first-order valence-electron chi connectivity index (χ1n) is 8.81. The number of amides is 1. The van der Waals surface area contributed by atoms with Crippen molar-refractivity contribution in [2.75, 3.05) is 30.4 Å². The van der Waals surface area contributed by atoms with Gasteiger partial charge in [0.25, 0.3) is 0 Å². The lowest BCUT2D eigenvalue weighted by Crippen LogP contribution is -2.32. The van der Waals surface area contributed by atoms with Crippen LogP contribution in [0.1, 0.15) is 40.0 Å². The normalized spacial score (nSPS) is 17.1. The van der Waals surface area contributed by atoms with E-state index in [1.54, 1.807) is 0 Å². The number of piperidine rings is 1. The molecule has 1 aliphatic heterocycles. The van der Waals surface area contributed by atoms with Crippen molar-refractivity contribution in [1.29, 1.82) is 0 Å². The monoisotopic (exact) mass is 317 g/mol. The minimum absolute atomic E-state index is 0.125. The molecule has 1 aliphatic rings. The van der Waals surface area contributed by atoms with Crippen LogP contribution in [0.25, 0.3) is 0 Å². The summed E-state index contributed by atoms with van der Waals surface area (Å²) in [5.41, 5.74) is 2.02. The van der Waals surface area contributed by atoms with Crippen LogP contribution in [0.4, 0.5) is 11.4 Å². The van der Waals surface area contributed by atoms with E-state index < -0.39 is 0 Å². The fourth-order valence-electron chi connectivity index (χ4n) is 3.19.